The molecule has 39 heavy (non-hydrogen) atoms. The number of carbonyl (C=O) groups is 2. The zero-order valence-corrected chi connectivity index (χ0v) is 24.4. The van der Waals surface area contributed by atoms with Crippen molar-refractivity contribution in [1.82, 2.24) is 10.2 Å². The summed E-state index contributed by atoms with van der Waals surface area (Å²) in [6.45, 7) is 7.68. The van der Waals surface area contributed by atoms with Gasteiger partial charge in [-0.05, 0) is 68.1 Å². The maximum absolute atomic E-state index is 14.0. The van der Waals surface area contributed by atoms with E-state index in [-0.39, 0.29) is 17.3 Å². The Morgan fingerprint density at radius 1 is 0.949 bits per heavy atom. The fourth-order valence-corrected chi connectivity index (χ4v) is 6.03. The molecule has 3 aromatic carbocycles. The lowest BCUT2D eigenvalue weighted by atomic mass is 10.1. The molecule has 0 saturated heterocycles. The third kappa shape index (κ3) is 7.61. The molecule has 0 aliphatic carbocycles. The molecule has 0 aliphatic heterocycles. The average molecular weight is 570 g/mol. The number of nitrogens with one attached hydrogen (secondary N) is 1. The Kier molecular flexibility index (Phi) is 10.5. The van der Waals surface area contributed by atoms with Crippen LogP contribution < -0.4 is 9.62 Å². The third-order valence-electron chi connectivity index (χ3n) is 6.45. The standard InChI is InChI=1S/C30H36ClN3O4S/c1-5-18-32-30(36)27(6-2)33(20-24-14-12-22(3)13-15-24)29(35)21-34(28-17-16-25(31)19-23(28)4)39(37,38)26-10-8-7-9-11-26/h7-17,19,27H,5-6,18,20-21H2,1-4H3,(H,32,36)/t27-/m1/s1. The number of halogens is 1. The smallest absolute Gasteiger partial charge is 0.264 e. The van der Waals surface area contributed by atoms with E-state index in [2.05, 4.69) is 5.32 Å². The molecule has 2 amide bonds. The van der Waals surface area contributed by atoms with Crippen LogP contribution in [0.25, 0.3) is 0 Å². The highest BCUT2D eigenvalue weighted by Gasteiger charge is 2.34. The van der Waals surface area contributed by atoms with Gasteiger partial charge in [0.25, 0.3) is 10.0 Å². The van der Waals surface area contributed by atoms with Crippen molar-refractivity contribution in [2.24, 2.45) is 0 Å². The van der Waals surface area contributed by atoms with E-state index < -0.39 is 28.5 Å². The largest absolute Gasteiger partial charge is 0.354 e. The summed E-state index contributed by atoms with van der Waals surface area (Å²) in [7, 11) is -4.12. The van der Waals surface area contributed by atoms with Crippen molar-refractivity contribution in [1.29, 1.82) is 0 Å². The second kappa shape index (κ2) is 13.6. The maximum atomic E-state index is 14.0. The van der Waals surface area contributed by atoms with Gasteiger partial charge in [0.15, 0.2) is 0 Å². The second-order valence-corrected chi connectivity index (χ2v) is 11.8. The van der Waals surface area contributed by atoms with Crippen LogP contribution >= 0.6 is 11.6 Å². The third-order valence-corrected chi connectivity index (χ3v) is 8.46. The average Bonchev–Trinajstić information content (AvgIpc) is 2.92. The number of anilines is 1. The van der Waals surface area contributed by atoms with Gasteiger partial charge >= 0.3 is 0 Å². The van der Waals surface area contributed by atoms with E-state index in [1.54, 1.807) is 43.3 Å². The lowest BCUT2D eigenvalue weighted by molar-refractivity contribution is -0.140. The van der Waals surface area contributed by atoms with Gasteiger partial charge in [-0.25, -0.2) is 8.42 Å². The highest BCUT2D eigenvalue weighted by Crippen LogP contribution is 2.29. The SMILES string of the molecule is CCCNC(=O)[C@@H](CC)N(Cc1ccc(C)cc1)C(=O)CN(c1ccc(Cl)cc1C)S(=O)(=O)c1ccccc1. The number of carbonyl (C=O) groups excluding carboxylic acids is 2. The van der Waals surface area contributed by atoms with Gasteiger partial charge in [-0.3, -0.25) is 13.9 Å². The molecular formula is C30H36ClN3O4S. The monoisotopic (exact) mass is 569 g/mol. The van der Waals surface area contributed by atoms with Crippen LogP contribution in [0.5, 0.6) is 0 Å². The van der Waals surface area contributed by atoms with E-state index in [1.165, 1.54) is 17.0 Å². The summed E-state index contributed by atoms with van der Waals surface area (Å²) in [4.78, 5) is 28.7. The molecule has 0 fully saturated rings. The second-order valence-electron chi connectivity index (χ2n) is 9.48. The molecular weight excluding hydrogens is 534 g/mol. The number of nitrogens with zero attached hydrogens (tertiary/aromatic N) is 2. The van der Waals surface area contributed by atoms with E-state index in [9.17, 15) is 18.0 Å². The van der Waals surface area contributed by atoms with E-state index in [0.717, 1.165) is 21.9 Å². The first-order valence-electron chi connectivity index (χ1n) is 13.0. The Hall–Kier alpha value is -3.36. The van der Waals surface area contributed by atoms with Gasteiger partial charge in [0.2, 0.25) is 11.8 Å². The number of benzene rings is 3. The summed E-state index contributed by atoms with van der Waals surface area (Å²) in [5, 5.41) is 3.35. The summed E-state index contributed by atoms with van der Waals surface area (Å²) in [5.74, 6) is -0.747. The summed E-state index contributed by atoms with van der Waals surface area (Å²) in [5.41, 5.74) is 2.86. The zero-order valence-electron chi connectivity index (χ0n) is 22.9. The zero-order chi connectivity index (χ0) is 28.6. The summed E-state index contributed by atoms with van der Waals surface area (Å²) < 4.78 is 28.9. The van der Waals surface area contributed by atoms with Crippen LogP contribution in [0.2, 0.25) is 5.02 Å². The summed E-state index contributed by atoms with van der Waals surface area (Å²) in [6, 6.07) is 19.8. The van der Waals surface area contributed by atoms with Gasteiger partial charge in [-0.15, -0.1) is 0 Å². The van der Waals surface area contributed by atoms with Crippen LogP contribution in [0.4, 0.5) is 5.69 Å². The molecule has 0 unspecified atom stereocenters. The quantitative estimate of drug-likeness (QED) is 0.313. The highest BCUT2D eigenvalue weighted by atomic mass is 35.5. The molecule has 0 radical (unpaired) electrons. The van der Waals surface area contributed by atoms with Gasteiger partial charge in [0, 0.05) is 18.1 Å². The Bertz CT molecular complexity index is 1380. The Balaban J connectivity index is 2.07. The molecule has 0 bridgehead atoms. The molecule has 1 N–H and O–H groups in total. The minimum absolute atomic E-state index is 0.0602. The Labute approximate surface area is 236 Å². The number of sulfonamides is 1. The molecule has 0 saturated carbocycles. The van der Waals surface area contributed by atoms with Crippen molar-refractivity contribution >= 4 is 39.1 Å². The van der Waals surface area contributed by atoms with Gasteiger partial charge in [0.1, 0.15) is 12.6 Å². The van der Waals surface area contributed by atoms with Gasteiger partial charge in [-0.2, -0.15) is 0 Å². The van der Waals surface area contributed by atoms with E-state index in [0.29, 0.717) is 29.2 Å². The molecule has 7 nitrogen and oxygen atoms in total. The minimum Gasteiger partial charge on any atom is -0.354 e. The lowest BCUT2D eigenvalue weighted by Crippen LogP contribution is -2.52. The van der Waals surface area contributed by atoms with Crippen LogP contribution in [-0.2, 0) is 26.2 Å². The molecule has 1 atom stereocenters. The lowest BCUT2D eigenvalue weighted by Gasteiger charge is -2.33. The van der Waals surface area contributed by atoms with E-state index in [4.69, 9.17) is 11.6 Å². The first kappa shape index (κ1) is 30.2. The van der Waals surface area contributed by atoms with Crippen molar-refractivity contribution in [3.8, 4) is 0 Å². The topological polar surface area (TPSA) is 86.8 Å². The first-order valence-corrected chi connectivity index (χ1v) is 14.9. The molecule has 9 heteroatoms. The van der Waals surface area contributed by atoms with Gasteiger partial charge in [0.05, 0.1) is 10.6 Å². The predicted molar refractivity (Wildman–Crippen MR) is 156 cm³/mol. The maximum Gasteiger partial charge on any atom is 0.264 e. The number of hydrogen-bond donors (Lipinski definition) is 1. The van der Waals surface area contributed by atoms with Gasteiger partial charge < -0.3 is 10.2 Å². The van der Waals surface area contributed by atoms with Crippen molar-refractivity contribution in [2.45, 2.75) is 58.0 Å². The predicted octanol–water partition coefficient (Wildman–Crippen LogP) is 5.49. The van der Waals surface area contributed by atoms with Gasteiger partial charge in [-0.1, -0.05) is 73.5 Å². The van der Waals surface area contributed by atoms with Crippen molar-refractivity contribution in [3.05, 3.63) is 94.5 Å². The Morgan fingerprint density at radius 3 is 2.21 bits per heavy atom. The number of amides is 2. The van der Waals surface area contributed by atoms with E-state index >= 15 is 0 Å². The molecule has 0 aromatic heterocycles. The van der Waals surface area contributed by atoms with Crippen LogP contribution in [-0.4, -0.2) is 44.3 Å². The van der Waals surface area contributed by atoms with Crippen LogP contribution in [0.3, 0.4) is 0 Å². The van der Waals surface area contributed by atoms with Crippen molar-refractivity contribution in [3.63, 3.8) is 0 Å². The molecule has 0 heterocycles. The fraction of sp³-hybridized carbons (Fsp3) is 0.333. The van der Waals surface area contributed by atoms with Crippen molar-refractivity contribution < 1.29 is 18.0 Å². The normalized spacial score (nSPS) is 12.0. The number of hydrogen-bond acceptors (Lipinski definition) is 4. The molecule has 208 valence electrons. The van der Waals surface area contributed by atoms with Crippen LogP contribution in [0.1, 0.15) is 43.4 Å². The minimum atomic E-state index is -4.12. The molecule has 3 aromatic rings. The number of aryl methyl sites for hydroxylation is 2. The van der Waals surface area contributed by atoms with E-state index in [1.807, 2.05) is 45.0 Å². The molecule has 0 spiro atoms. The van der Waals surface area contributed by atoms with Crippen LogP contribution in [0, 0.1) is 13.8 Å². The first-order chi connectivity index (χ1) is 18.6. The van der Waals surface area contributed by atoms with Crippen LogP contribution in [0.15, 0.2) is 77.7 Å². The fourth-order valence-electron chi connectivity index (χ4n) is 4.31. The summed E-state index contributed by atoms with van der Waals surface area (Å²) >= 11 is 6.16. The van der Waals surface area contributed by atoms with Crippen molar-refractivity contribution in [2.75, 3.05) is 17.4 Å². The molecule has 0 aliphatic rings. The highest BCUT2D eigenvalue weighted by molar-refractivity contribution is 7.92. The number of rotatable bonds is 12. The summed E-state index contributed by atoms with van der Waals surface area (Å²) in [6.07, 6.45) is 1.13. The molecule has 3 rings (SSSR count). The Morgan fingerprint density at radius 2 is 1.62 bits per heavy atom.